The highest BCUT2D eigenvalue weighted by Gasteiger charge is 2.37. The van der Waals surface area contributed by atoms with Crippen molar-refractivity contribution < 1.29 is 19.5 Å². The van der Waals surface area contributed by atoms with Gasteiger partial charge in [-0.05, 0) is 0 Å². The second-order valence-electron chi connectivity index (χ2n) is 4.03. The number of aromatic nitrogens is 2. The van der Waals surface area contributed by atoms with Crippen molar-refractivity contribution in [2.45, 2.75) is 0 Å². The van der Waals surface area contributed by atoms with Gasteiger partial charge in [0.1, 0.15) is 0 Å². The Kier molecular flexibility index (Phi) is 3.71. The number of rotatable bonds is 3. The molecule has 1 saturated heterocycles. The first-order chi connectivity index (χ1) is 10.3. The van der Waals surface area contributed by atoms with Gasteiger partial charge < -0.3 is 5.11 Å². The average molecular weight is 307 g/mol. The third-order valence-corrected chi connectivity index (χ3v) is 2.56. The summed E-state index contributed by atoms with van der Waals surface area (Å²) in [5, 5.41) is 11.3. The minimum absolute atomic E-state index is 0.190. The maximum Gasteiger partial charge on any atom is 0.331 e. The molecule has 2 heterocycles. The largest absolute Gasteiger partial charge is 0.493 e. The molecule has 0 spiro atoms. The van der Waals surface area contributed by atoms with E-state index in [1.165, 1.54) is 6.08 Å². The number of urea groups is 1. The fraction of sp³-hybridized carbons (Fsp3) is 0.0909. The second-order valence-corrected chi connectivity index (χ2v) is 4.03. The van der Waals surface area contributed by atoms with Crippen LogP contribution in [0.4, 0.5) is 10.5 Å². The summed E-state index contributed by atoms with van der Waals surface area (Å²) in [5.74, 6) is -3.13. The number of hydrogen-bond acceptors (Lipinski definition) is 7. The van der Waals surface area contributed by atoms with Crippen molar-refractivity contribution in [2.75, 3.05) is 6.54 Å². The first-order valence-electron chi connectivity index (χ1n) is 5.77. The quantitative estimate of drug-likeness (QED) is 0.476. The third kappa shape index (κ3) is 2.54. The summed E-state index contributed by atoms with van der Waals surface area (Å²) in [5.41, 5.74) is -3.64. The van der Waals surface area contributed by atoms with E-state index in [-0.39, 0.29) is 6.54 Å². The molecule has 11 nitrogen and oxygen atoms in total. The van der Waals surface area contributed by atoms with Crippen molar-refractivity contribution in [2.24, 2.45) is 4.99 Å². The number of aromatic amines is 2. The predicted octanol–water partition coefficient (Wildman–Crippen LogP) is -1.89. The molecule has 0 aliphatic carbocycles. The summed E-state index contributed by atoms with van der Waals surface area (Å²) in [6, 6.07) is -0.964. The first kappa shape index (κ1) is 14.9. The molecule has 1 aliphatic heterocycles. The van der Waals surface area contributed by atoms with Crippen LogP contribution in [0, 0.1) is 0 Å². The van der Waals surface area contributed by atoms with Gasteiger partial charge in [0.25, 0.3) is 17.4 Å². The molecular formula is C11H9N5O6. The van der Waals surface area contributed by atoms with E-state index in [4.69, 9.17) is 0 Å². The highest BCUT2D eigenvalue weighted by molar-refractivity contribution is 6.69. The smallest absolute Gasteiger partial charge is 0.331 e. The van der Waals surface area contributed by atoms with Crippen molar-refractivity contribution in [3.8, 4) is 5.88 Å². The summed E-state index contributed by atoms with van der Waals surface area (Å²) >= 11 is 0. The van der Waals surface area contributed by atoms with Crippen molar-refractivity contribution in [3.63, 3.8) is 0 Å². The van der Waals surface area contributed by atoms with E-state index >= 15 is 0 Å². The van der Waals surface area contributed by atoms with E-state index in [1.54, 1.807) is 4.98 Å². The van der Waals surface area contributed by atoms with Crippen molar-refractivity contribution in [1.29, 1.82) is 0 Å². The van der Waals surface area contributed by atoms with Gasteiger partial charge in [-0.25, -0.2) is 14.6 Å². The summed E-state index contributed by atoms with van der Waals surface area (Å²) in [6.07, 6.45) is 1.25. The zero-order valence-electron chi connectivity index (χ0n) is 10.9. The molecule has 0 bridgehead atoms. The molecule has 1 aromatic heterocycles. The molecule has 22 heavy (non-hydrogen) atoms. The molecule has 0 atom stereocenters. The summed E-state index contributed by atoms with van der Waals surface area (Å²) in [7, 11) is 0. The highest BCUT2D eigenvalue weighted by Crippen LogP contribution is 2.17. The molecule has 0 saturated carbocycles. The highest BCUT2D eigenvalue weighted by atomic mass is 16.3. The van der Waals surface area contributed by atoms with Gasteiger partial charge in [0.15, 0.2) is 11.4 Å². The van der Waals surface area contributed by atoms with Crippen LogP contribution in [0.15, 0.2) is 27.2 Å². The molecule has 4 amide bonds. The van der Waals surface area contributed by atoms with Crippen LogP contribution in [0.5, 0.6) is 5.88 Å². The third-order valence-electron chi connectivity index (χ3n) is 2.56. The molecule has 4 N–H and O–H groups in total. The Morgan fingerprint density at radius 1 is 1.18 bits per heavy atom. The van der Waals surface area contributed by atoms with Crippen LogP contribution in [-0.2, 0) is 9.59 Å². The molecule has 114 valence electrons. The standard InChI is InChI=1S/C11H9N5O6/c1-2-3-16-9(20)5(8(19)15-11(16)22)12-4-6(17)13-10(21)14-7(4)18/h2H,1,3H2,(H,15,19,22)(H3,13,14,17,18,21). The van der Waals surface area contributed by atoms with Crippen molar-refractivity contribution in [1.82, 2.24) is 20.2 Å². The van der Waals surface area contributed by atoms with Crippen LogP contribution >= 0.6 is 0 Å². The summed E-state index contributed by atoms with van der Waals surface area (Å²) in [6.45, 7) is 3.17. The molecule has 1 fully saturated rings. The molecule has 1 aliphatic rings. The van der Waals surface area contributed by atoms with E-state index in [0.717, 1.165) is 0 Å². The minimum atomic E-state index is -1.14. The Balaban J connectivity index is 2.55. The van der Waals surface area contributed by atoms with Crippen LogP contribution in [0.2, 0.25) is 0 Å². The van der Waals surface area contributed by atoms with Crippen LogP contribution in [-0.4, -0.2) is 50.1 Å². The average Bonchev–Trinajstić information content (AvgIpc) is 2.41. The molecular weight excluding hydrogens is 298 g/mol. The van der Waals surface area contributed by atoms with E-state index in [2.05, 4.69) is 11.6 Å². The zero-order valence-corrected chi connectivity index (χ0v) is 10.9. The molecule has 0 radical (unpaired) electrons. The van der Waals surface area contributed by atoms with Gasteiger partial charge >= 0.3 is 11.7 Å². The fourth-order valence-corrected chi connectivity index (χ4v) is 1.62. The lowest BCUT2D eigenvalue weighted by Crippen LogP contribution is -2.58. The Morgan fingerprint density at radius 2 is 1.86 bits per heavy atom. The number of hydrogen-bond donors (Lipinski definition) is 4. The lowest BCUT2D eigenvalue weighted by molar-refractivity contribution is -0.125. The second kappa shape index (κ2) is 5.47. The Morgan fingerprint density at radius 3 is 2.45 bits per heavy atom. The predicted molar refractivity (Wildman–Crippen MR) is 71.9 cm³/mol. The number of barbiturate groups is 1. The van der Waals surface area contributed by atoms with Crippen molar-refractivity contribution in [3.05, 3.63) is 33.5 Å². The van der Waals surface area contributed by atoms with Gasteiger partial charge in [0.2, 0.25) is 5.88 Å². The molecule has 11 heteroatoms. The molecule has 1 aromatic rings. The SMILES string of the molecule is C=CCN1C(=O)NC(=O)C(=Nc2c(O)[nH]c(=O)[nH]c2=O)C1=O. The van der Waals surface area contributed by atoms with Gasteiger partial charge in [-0.15, -0.1) is 6.58 Å². The van der Waals surface area contributed by atoms with Crippen LogP contribution in [0.1, 0.15) is 0 Å². The number of carbonyl (C=O) groups excluding carboxylic acids is 3. The van der Waals surface area contributed by atoms with Gasteiger partial charge in [0, 0.05) is 6.54 Å². The number of carbonyl (C=O) groups is 3. The van der Waals surface area contributed by atoms with Gasteiger partial charge in [0.05, 0.1) is 0 Å². The van der Waals surface area contributed by atoms with E-state index in [9.17, 15) is 29.1 Å². The van der Waals surface area contributed by atoms with E-state index in [1.807, 2.05) is 10.3 Å². The number of H-pyrrole nitrogens is 2. The summed E-state index contributed by atoms with van der Waals surface area (Å²) < 4.78 is 0. The summed E-state index contributed by atoms with van der Waals surface area (Å²) in [4.78, 5) is 65.3. The number of nitrogens with zero attached hydrogens (tertiary/aromatic N) is 2. The Labute approximate surface area is 121 Å². The minimum Gasteiger partial charge on any atom is -0.493 e. The Hall–Kier alpha value is -3.50. The fourth-order valence-electron chi connectivity index (χ4n) is 1.62. The lowest BCUT2D eigenvalue weighted by atomic mass is 10.2. The molecule has 0 aromatic carbocycles. The topological polar surface area (TPSA) is 165 Å². The Bertz CT molecular complexity index is 832. The number of amides is 4. The molecule has 0 unspecified atom stereocenters. The van der Waals surface area contributed by atoms with Crippen molar-refractivity contribution >= 4 is 29.2 Å². The monoisotopic (exact) mass is 307 g/mol. The van der Waals surface area contributed by atoms with Crippen LogP contribution < -0.4 is 16.6 Å². The maximum atomic E-state index is 12.0. The van der Waals surface area contributed by atoms with Gasteiger partial charge in [-0.2, -0.15) is 0 Å². The maximum absolute atomic E-state index is 12.0. The number of nitrogens with one attached hydrogen (secondary N) is 3. The first-order valence-corrected chi connectivity index (χ1v) is 5.77. The van der Waals surface area contributed by atoms with Gasteiger partial charge in [-0.1, -0.05) is 6.08 Å². The van der Waals surface area contributed by atoms with Crippen LogP contribution in [0.25, 0.3) is 0 Å². The number of imide groups is 2. The normalized spacial score (nSPS) is 16.8. The number of aliphatic imine (C=N–C) groups is 1. The van der Waals surface area contributed by atoms with Gasteiger partial charge in [-0.3, -0.25) is 34.6 Å². The van der Waals surface area contributed by atoms with E-state index < -0.39 is 46.4 Å². The molecule has 2 rings (SSSR count). The zero-order chi connectivity index (χ0) is 16.4. The number of aromatic hydroxyl groups is 1. The lowest BCUT2D eigenvalue weighted by Gasteiger charge is -2.24. The van der Waals surface area contributed by atoms with E-state index in [0.29, 0.717) is 4.90 Å². The van der Waals surface area contributed by atoms with Crippen LogP contribution in [0.3, 0.4) is 0 Å².